The molecule has 0 saturated carbocycles. The molecule has 2 aromatic rings. The predicted molar refractivity (Wildman–Crippen MR) is 105 cm³/mol. The average molecular weight is 367 g/mol. The highest BCUT2D eigenvalue weighted by Crippen LogP contribution is 2.11. The topological polar surface area (TPSA) is 79.5 Å². The van der Waals surface area contributed by atoms with Gasteiger partial charge in [-0.25, -0.2) is 0 Å². The Hall–Kier alpha value is -2.70. The monoisotopic (exact) mass is 367 g/mol. The normalized spacial score (nSPS) is 16.1. The second-order valence-electron chi connectivity index (χ2n) is 6.56. The summed E-state index contributed by atoms with van der Waals surface area (Å²) >= 11 is 0. The van der Waals surface area contributed by atoms with Crippen molar-refractivity contribution in [3.05, 3.63) is 65.7 Å². The Bertz CT molecular complexity index is 741. The average Bonchev–Trinajstić information content (AvgIpc) is 3.21. The summed E-state index contributed by atoms with van der Waals surface area (Å²) in [6.45, 7) is 2.21. The molecule has 1 saturated heterocycles. The lowest BCUT2D eigenvalue weighted by molar-refractivity contribution is -0.115. The number of hydrogen-bond acceptors (Lipinski definition) is 4. The maximum atomic E-state index is 12.2. The molecule has 3 N–H and O–H groups in total. The SMILES string of the molecule is O=C(CNCC1CCCO1)Nc1ccc(C(=O)NCc2ccccc2)cc1. The third-order valence-electron chi connectivity index (χ3n) is 4.41. The summed E-state index contributed by atoms with van der Waals surface area (Å²) in [4.78, 5) is 24.2. The van der Waals surface area contributed by atoms with Gasteiger partial charge in [-0.05, 0) is 42.7 Å². The summed E-state index contributed by atoms with van der Waals surface area (Å²) in [5.74, 6) is -0.260. The van der Waals surface area contributed by atoms with E-state index in [2.05, 4.69) is 16.0 Å². The summed E-state index contributed by atoms with van der Waals surface area (Å²) in [5.41, 5.74) is 2.27. The molecule has 27 heavy (non-hydrogen) atoms. The maximum Gasteiger partial charge on any atom is 0.251 e. The summed E-state index contributed by atoms with van der Waals surface area (Å²) in [7, 11) is 0. The van der Waals surface area contributed by atoms with E-state index in [0.29, 0.717) is 24.3 Å². The molecule has 142 valence electrons. The molecule has 2 aromatic carbocycles. The van der Waals surface area contributed by atoms with Crippen molar-refractivity contribution in [3.63, 3.8) is 0 Å². The van der Waals surface area contributed by atoms with Gasteiger partial charge in [-0.15, -0.1) is 0 Å². The zero-order valence-corrected chi connectivity index (χ0v) is 15.2. The van der Waals surface area contributed by atoms with Crippen molar-refractivity contribution in [1.29, 1.82) is 0 Å². The molecule has 6 heteroatoms. The van der Waals surface area contributed by atoms with Gasteiger partial charge in [-0.1, -0.05) is 30.3 Å². The molecule has 1 aliphatic heterocycles. The van der Waals surface area contributed by atoms with E-state index in [1.54, 1.807) is 24.3 Å². The first-order chi connectivity index (χ1) is 13.2. The standard InChI is InChI=1S/C21H25N3O3/c25-20(15-22-14-19-7-4-12-27-19)24-18-10-8-17(9-11-18)21(26)23-13-16-5-2-1-3-6-16/h1-3,5-6,8-11,19,22H,4,7,12-15H2,(H,23,26)(H,24,25). The van der Waals surface area contributed by atoms with E-state index < -0.39 is 0 Å². The quantitative estimate of drug-likeness (QED) is 0.669. The zero-order valence-electron chi connectivity index (χ0n) is 15.2. The number of rotatable bonds is 8. The minimum Gasteiger partial charge on any atom is -0.377 e. The first-order valence-corrected chi connectivity index (χ1v) is 9.25. The van der Waals surface area contributed by atoms with Gasteiger partial charge in [0.2, 0.25) is 5.91 Å². The number of carbonyl (C=O) groups is 2. The largest absolute Gasteiger partial charge is 0.377 e. The molecule has 0 bridgehead atoms. The van der Waals surface area contributed by atoms with Crippen LogP contribution in [0, 0.1) is 0 Å². The molecule has 1 unspecified atom stereocenters. The lowest BCUT2D eigenvalue weighted by atomic mass is 10.1. The van der Waals surface area contributed by atoms with Gasteiger partial charge in [0.05, 0.1) is 12.6 Å². The van der Waals surface area contributed by atoms with Crippen molar-refractivity contribution in [3.8, 4) is 0 Å². The Morgan fingerprint density at radius 1 is 1.04 bits per heavy atom. The van der Waals surface area contributed by atoms with E-state index in [1.807, 2.05) is 30.3 Å². The van der Waals surface area contributed by atoms with E-state index in [0.717, 1.165) is 25.0 Å². The number of benzene rings is 2. The Kier molecular flexibility index (Phi) is 6.96. The highest BCUT2D eigenvalue weighted by Gasteiger charge is 2.15. The van der Waals surface area contributed by atoms with Crippen molar-refractivity contribution in [2.45, 2.75) is 25.5 Å². The first kappa shape index (κ1) is 19.1. The van der Waals surface area contributed by atoms with Crippen LogP contribution in [0.2, 0.25) is 0 Å². The fourth-order valence-electron chi connectivity index (χ4n) is 2.94. The van der Waals surface area contributed by atoms with Crippen molar-refractivity contribution in [1.82, 2.24) is 10.6 Å². The zero-order chi connectivity index (χ0) is 18.9. The number of anilines is 1. The van der Waals surface area contributed by atoms with Crippen LogP contribution in [0.3, 0.4) is 0 Å². The first-order valence-electron chi connectivity index (χ1n) is 9.25. The molecule has 3 rings (SSSR count). The third kappa shape index (κ3) is 6.20. The van der Waals surface area contributed by atoms with Crippen molar-refractivity contribution in [2.24, 2.45) is 0 Å². The minimum atomic E-state index is -0.144. The number of hydrogen-bond donors (Lipinski definition) is 3. The highest BCUT2D eigenvalue weighted by molar-refractivity contribution is 5.96. The number of nitrogens with one attached hydrogen (secondary N) is 3. The third-order valence-corrected chi connectivity index (χ3v) is 4.41. The molecule has 0 radical (unpaired) electrons. The van der Waals surface area contributed by atoms with Crippen LogP contribution in [0.15, 0.2) is 54.6 Å². The van der Waals surface area contributed by atoms with Gasteiger partial charge < -0.3 is 20.7 Å². The number of ether oxygens (including phenoxy) is 1. The molecular weight excluding hydrogens is 342 g/mol. The van der Waals surface area contributed by atoms with E-state index in [9.17, 15) is 9.59 Å². The molecule has 1 heterocycles. The molecule has 0 spiro atoms. The Morgan fingerprint density at radius 2 is 1.81 bits per heavy atom. The van der Waals surface area contributed by atoms with Crippen LogP contribution in [0.25, 0.3) is 0 Å². The van der Waals surface area contributed by atoms with Gasteiger partial charge in [0, 0.05) is 30.9 Å². The van der Waals surface area contributed by atoms with Gasteiger partial charge in [0.15, 0.2) is 0 Å². The molecule has 1 aliphatic rings. The smallest absolute Gasteiger partial charge is 0.251 e. The van der Waals surface area contributed by atoms with Crippen LogP contribution in [-0.4, -0.2) is 37.6 Å². The van der Waals surface area contributed by atoms with Crippen molar-refractivity contribution in [2.75, 3.05) is 25.0 Å². The second-order valence-corrected chi connectivity index (χ2v) is 6.56. The minimum absolute atomic E-state index is 0.116. The Balaban J connectivity index is 1.40. The lowest BCUT2D eigenvalue weighted by Gasteiger charge is -2.11. The summed E-state index contributed by atoms with van der Waals surface area (Å²) in [6, 6.07) is 16.6. The summed E-state index contributed by atoms with van der Waals surface area (Å²) in [6.07, 6.45) is 2.35. The van der Waals surface area contributed by atoms with Crippen LogP contribution in [0.5, 0.6) is 0 Å². The number of amides is 2. The fraction of sp³-hybridized carbons (Fsp3) is 0.333. The fourth-order valence-corrected chi connectivity index (χ4v) is 2.94. The molecular formula is C21H25N3O3. The molecule has 1 atom stereocenters. The molecule has 0 aliphatic carbocycles. The molecule has 1 fully saturated rings. The van der Waals surface area contributed by atoms with Crippen molar-refractivity contribution < 1.29 is 14.3 Å². The molecule has 6 nitrogen and oxygen atoms in total. The van der Waals surface area contributed by atoms with Crippen LogP contribution in [0.1, 0.15) is 28.8 Å². The van der Waals surface area contributed by atoms with Crippen LogP contribution >= 0.6 is 0 Å². The Labute approximate surface area is 159 Å². The van der Waals surface area contributed by atoms with Gasteiger partial charge in [0.1, 0.15) is 0 Å². The van der Waals surface area contributed by atoms with E-state index in [-0.39, 0.29) is 24.5 Å². The van der Waals surface area contributed by atoms with Gasteiger partial charge in [-0.3, -0.25) is 9.59 Å². The predicted octanol–water partition coefficient (Wildman–Crippen LogP) is 2.32. The van der Waals surface area contributed by atoms with Gasteiger partial charge >= 0.3 is 0 Å². The summed E-state index contributed by atoms with van der Waals surface area (Å²) in [5, 5.41) is 8.81. The second kappa shape index (κ2) is 9.85. The van der Waals surface area contributed by atoms with Gasteiger partial charge in [0.25, 0.3) is 5.91 Å². The molecule has 0 aromatic heterocycles. The van der Waals surface area contributed by atoms with Crippen LogP contribution < -0.4 is 16.0 Å². The number of carbonyl (C=O) groups excluding carboxylic acids is 2. The Morgan fingerprint density at radius 3 is 2.52 bits per heavy atom. The highest BCUT2D eigenvalue weighted by atomic mass is 16.5. The lowest BCUT2D eigenvalue weighted by Crippen LogP contribution is -2.33. The molecule has 2 amide bonds. The summed E-state index contributed by atoms with van der Waals surface area (Å²) < 4.78 is 5.50. The maximum absolute atomic E-state index is 12.2. The van der Waals surface area contributed by atoms with Crippen LogP contribution in [0.4, 0.5) is 5.69 Å². The van der Waals surface area contributed by atoms with E-state index in [4.69, 9.17) is 4.74 Å². The van der Waals surface area contributed by atoms with Crippen LogP contribution in [-0.2, 0) is 16.1 Å². The van der Waals surface area contributed by atoms with Crippen molar-refractivity contribution >= 4 is 17.5 Å². The van der Waals surface area contributed by atoms with E-state index >= 15 is 0 Å². The van der Waals surface area contributed by atoms with E-state index in [1.165, 1.54) is 0 Å². The van der Waals surface area contributed by atoms with Gasteiger partial charge in [-0.2, -0.15) is 0 Å².